The molecule has 3 aliphatic rings. The van der Waals surface area contributed by atoms with Crippen molar-refractivity contribution in [2.75, 3.05) is 32.2 Å². The molecule has 4 N–H and O–H groups in total. The average Bonchev–Trinajstić information content (AvgIpc) is 4.21. The van der Waals surface area contributed by atoms with Gasteiger partial charge in [0.05, 0.1) is 74.1 Å². The molecular formula is C51H61F3N10O6. The van der Waals surface area contributed by atoms with Gasteiger partial charge in [-0.3, -0.25) is 9.59 Å². The summed E-state index contributed by atoms with van der Waals surface area (Å²) in [7, 11) is 2.53. The van der Waals surface area contributed by atoms with E-state index >= 15 is 0 Å². The van der Waals surface area contributed by atoms with Crippen LogP contribution < -0.4 is 15.5 Å². The van der Waals surface area contributed by atoms with Crippen molar-refractivity contribution in [3.8, 4) is 22.5 Å². The number of H-pyrrole nitrogens is 2. The van der Waals surface area contributed by atoms with E-state index in [-0.39, 0.29) is 47.8 Å². The van der Waals surface area contributed by atoms with Crippen LogP contribution in [0.15, 0.2) is 73.2 Å². The number of carbonyl (C=O) groups is 4. The number of alkyl carbamates (subject to hydrolysis) is 2. The van der Waals surface area contributed by atoms with Crippen LogP contribution in [0.4, 0.5) is 28.4 Å². The smallest absolute Gasteiger partial charge is 0.433 e. The highest BCUT2D eigenvalue weighted by atomic mass is 19.4. The van der Waals surface area contributed by atoms with Gasteiger partial charge in [0.2, 0.25) is 11.8 Å². The first-order chi connectivity index (χ1) is 33.5. The normalized spacial score (nSPS) is 20.3. The third kappa shape index (κ3) is 10.2. The minimum atomic E-state index is -4.59. The van der Waals surface area contributed by atoms with E-state index in [4.69, 9.17) is 19.4 Å². The Hall–Kier alpha value is -6.92. The SMILES string of the molecule is COC(=O)N[C@H](C(=O)N1CCC[C@H]1c1ncc(-c2ccc([C@@H]3CC[C@@H](c4ccc(-c5cnc([C@@H]6CCCN6C(=O)[C@@H](NC(=O)OC)C(C)C)[nH]5)c(C)c4)N3c3ccc(C(F)(F)F)nc3)cc2)[nH]1)C(C)C. The predicted octanol–water partition coefficient (Wildman–Crippen LogP) is 9.36. The number of rotatable bonds is 13. The molecule has 5 aromatic rings. The number of halogens is 3. The molecule has 16 nitrogen and oxygen atoms in total. The maximum Gasteiger partial charge on any atom is 0.433 e. The van der Waals surface area contributed by atoms with Gasteiger partial charge in [0, 0.05) is 18.7 Å². The van der Waals surface area contributed by atoms with Gasteiger partial charge in [-0.2, -0.15) is 13.2 Å². The second kappa shape index (κ2) is 20.6. The fraction of sp³-hybridized carbons (Fsp3) is 0.471. The summed E-state index contributed by atoms with van der Waals surface area (Å²) in [6.45, 7) is 10.6. The van der Waals surface area contributed by atoms with Crippen molar-refractivity contribution in [2.24, 2.45) is 11.8 Å². The van der Waals surface area contributed by atoms with Gasteiger partial charge in [-0.05, 0) is 91.7 Å². The molecule has 3 aliphatic heterocycles. The van der Waals surface area contributed by atoms with Gasteiger partial charge in [-0.25, -0.2) is 24.5 Å². The van der Waals surface area contributed by atoms with Crippen LogP contribution in [-0.2, 0) is 25.2 Å². The van der Waals surface area contributed by atoms with E-state index < -0.39 is 36.1 Å². The third-order valence-electron chi connectivity index (χ3n) is 13.9. The molecule has 0 aliphatic carbocycles. The van der Waals surface area contributed by atoms with Crippen LogP contribution in [-0.4, -0.2) is 98.1 Å². The number of aromatic amines is 2. The second-order valence-electron chi connectivity index (χ2n) is 19.1. The summed E-state index contributed by atoms with van der Waals surface area (Å²) in [5.74, 6) is 0.598. The Balaban J connectivity index is 1.02. The Morgan fingerprint density at radius 1 is 0.657 bits per heavy atom. The number of hydrogen-bond acceptors (Lipinski definition) is 10. The number of nitrogens with one attached hydrogen (secondary N) is 4. The molecule has 3 saturated heterocycles. The number of amides is 4. The van der Waals surface area contributed by atoms with Crippen LogP contribution in [0.2, 0.25) is 0 Å². The van der Waals surface area contributed by atoms with Crippen molar-refractivity contribution in [1.29, 1.82) is 0 Å². The Bertz CT molecular complexity index is 2670. The van der Waals surface area contributed by atoms with Gasteiger partial charge in [0.25, 0.3) is 0 Å². The van der Waals surface area contributed by atoms with E-state index in [2.05, 4.69) is 36.6 Å². The summed E-state index contributed by atoms with van der Waals surface area (Å²) in [5.41, 5.74) is 5.89. The van der Waals surface area contributed by atoms with Crippen molar-refractivity contribution in [3.63, 3.8) is 0 Å². The van der Waals surface area contributed by atoms with Crippen LogP contribution in [0.5, 0.6) is 0 Å². The fourth-order valence-electron chi connectivity index (χ4n) is 10.3. The summed E-state index contributed by atoms with van der Waals surface area (Å²) in [4.78, 5) is 77.5. The molecule has 0 radical (unpaired) electrons. The van der Waals surface area contributed by atoms with E-state index in [1.54, 1.807) is 22.2 Å². The lowest BCUT2D eigenvalue weighted by Crippen LogP contribution is -2.51. The van der Waals surface area contributed by atoms with Crippen LogP contribution in [0.25, 0.3) is 22.5 Å². The average molecular weight is 967 g/mol. The Morgan fingerprint density at radius 2 is 1.17 bits per heavy atom. The van der Waals surface area contributed by atoms with Gasteiger partial charge in [-0.15, -0.1) is 0 Å². The monoisotopic (exact) mass is 966 g/mol. The molecule has 6 heterocycles. The molecule has 4 amide bonds. The number of methoxy groups -OCH3 is 2. The first-order valence-electron chi connectivity index (χ1n) is 23.9. The first kappa shape index (κ1) is 49.5. The molecule has 0 unspecified atom stereocenters. The number of pyridine rings is 1. The quantitative estimate of drug-likeness (QED) is 0.0885. The number of anilines is 1. The summed E-state index contributed by atoms with van der Waals surface area (Å²) in [6.07, 6.45) is 3.36. The molecule has 70 heavy (non-hydrogen) atoms. The highest BCUT2D eigenvalue weighted by Gasteiger charge is 2.41. The zero-order valence-electron chi connectivity index (χ0n) is 40.5. The number of nitrogens with zero attached hydrogens (tertiary/aromatic N) is 6. The van der Waals surface area contributed by atoms with Gasteiger partial charge in [0.1, 0.15) is 29.4 Å². The van der Waals surface area contributed by atoms with Crippen LogP contribution >= 0.6 is 0 Å². The Kier molecular flexibility index (Phi) is 14.6. The second-order valence-corrected chi connectivity index (χ2v) is 19.1. The number of imidazole rings is 2. The van der Waals surface area contributed by atoms with E-state index in [1.807, 2.05) is 71.0 Å². The van der Waals surface area contributed by atoms with Gasteiger partial charge < -0.3 is 44.8 Å². The highest BCUT2D eigenvalue weighted by molar-refractivity contribution is 5.87. The molecule has 3 fully saturated rings. The summed E-state index contributed by atoms with van der Waals surface area (Å²) in [5, 5.41) is 5.37. The van der Waals surface area contributed by atoms with Crippen molar-refractivity contribution in [2.45, 2.75) is 116 Å². The number of aryl methyl sites for hydroxylation is 1. The van der Waals surface area contributed by atoms with E-state index in [0.29, 0.717) is 43.3 Å². The van der Waals surface area contributed by atoms with Crippen LogP contribution in [0, 0.1) is 18.8 Å². The molecule has 8 rings (SSSR count). The topological polar surface area (TPSA) is 191 Å². The van der Waals surface area contributed by atoms with Crippen molar-refractivity contribution in [3.05, 3.63) is 107 Å². The molecule has 0 bridgehead atoms. The summed E-state index contributed by atoms with van der Waals surface area (Å²) in [6, 6.07) is 14.3. The maximum atomic E-state index is 13.8. The lowest BCUT2D eigenvalue weighted by Gasteiger charge is -2.33. The lowest BCUT2D eigenvalue weighted by molar-refractivity contribution is -0.141. The third-order valence-corrected chi connectivity index (χ3v) is 13.9. The predicted molar refractivity (Wildman–Crippen MR) is 255 cm³/mol. The number of hydrogen-bond donors (Lipinski definition) is 4. The molecule has 0 saturated carbocycles. The number of alkyl halides is 3. The number of likely N-dealkylation sites (tertiary alicyclic amines) is 2. The molecular weight excluding hydrogens is 906 g/mol. The van der Waals surface area contributed by atoms with Crippen molar-refractivity contribution in [1.82, 2.24) is 45.4 Å². The van der Waals surface area contributed by atoms with Gasteiger partial charge >= 0.3 is 18.4 Å². The molecule has 19 heteroatoms. The zero-order chi connectivity index (χ0) is 50.0. The highest BCUT2D eigenvalue weighted by Crippen LogP contribution is 2.48. The number of ether oxygens (including phenoxy) is 2. The summed E-state index contributed by atoms with van der Waals surface area (Å²) < 4.78 is 50.8. The van der Waals surface area contributed by atoms with Gasteiger partial charge in [-0.1, -0.05) is 70.2 Å². The molecule has 6 atom stereocenters. The number of aromatic nitrogens is 5. The first-order valence-corrected chi connectivity index (χ1v) is 23.9. The minimum Gasteiger partial charge on any atom is -0.453 e. The van der Waals surface area contributed by atoms with Crippen LogP contribution in [0.3, 0.4) is 0 Å². The van der Waals surface area contributed by atoms with Crippen LogP contribution in [0.1, 0.15) is 124 Å². The molecule has 2 aromatic carbocycles. The zero-order valence-corrected chi connectivity index (χ0v) is 40.5. The Labute approximate surface area is 405 Å². The number of benzene rings is 2. The fourth-order valence-corrected chi connectivity index (χ4v) is 10.3. The number of carbonyl (C=O) groups excluding carboxylic acids is 4. The maximum absolute atomic E-state index is 13.8. The summed E-state index contributed by atoms with van der Waals surface area (Å²) >= 11 is 0. The van der Waals surface area contributed by atoms with Crippen molar-refractivity contribution < 1.29 is 41.8 Å². The lowest BCUT2D eigenvalue weighted by atomic mass is 9.97. The van der Waals surface area contributed by atoms with E-state index in [0.717, 1.165) is 71.0 Å². The van der Waals surface area contributed by atoms with Crippen molar-refractivity contribution >= 4 is 29.7 Å². The largest absolute Gasteiger partial charge is 0.453 e. The van der Waals surface area contributed by atoms with Gasteiger partial charge in [0.15, 0.2) is 0 Å². The minimum absolute atomic E-state index is 0.161. The molecule has 3 aromatic heterocycles. The Morgan fingerprint density at radius 3 is 1.66 bits per heavy atom. The standard InChI is InChI=1S/C51H61F3N10O6/c1-28(2)43(60-49(67)69-6)47(65)62-22-8-10-40(62)45-56-26-36(58-45)31-12-14-32(15-13-31)38-19-20-39(64(38)34-17-21-42(55-25-34)51(52,53)54)33-16-18-35(30(5)24-33)37-27-57-46(59-37)41-11-9-23-63(41)48(66)44(29(3)4)61-50(68)70-7/h12-18,21,24-29,38-41,43-44H,8-11,19-20,22-23H2,1-7H3,(H,56,58)(H,57,59)(H,60,67)(H,61,68)/t38-,39-,40-,41-,43-,44-/m0/s1. The van der Waals surface area contributed by atoms with E-state index in [9.17, 15) is 32.3 Å². The molecule has 0 spiro atoms. The van der Waals surface area contributed by atoms with E-state index in [1.165, 1.54) is 26.5 Å². The molecule has 372 valence electrons.